The van der Waals surface area contributed by atoms with E-state index in [9.17, 15) is 0 Å². The average molecular weight is 257 g/mol. The van der Waals surface area contributed by atoms with Crippen LogP contribution in [-0.2, 0) is 6.42 Å². The fourth-order valence-electron chi connectivity index (χ4n) is 2.26. The molecule has 1 atom stereocenters. The number of furan rings is 1. The van der Waals surface area contributed by atoms with E-state index in [2.05, 4.69) is 63.3 Å². The Morgan fingerprint density at radius 1 is 1.11 bits per heavy atom. The van der Waals surface area contributed by atoms with Crippen LogP contribution in [0.3, 0.4) is 0 Å². The zero-order chi connectivity index (χ0) is 13.8. The number of likely N-dealkylation sites (N-methyl/N-ethyl adjacent to an activating group) is 1. The van der Waals surface area contributed by atoms with E-state index < -0.39 is 0 Å². The number of benzene rings is 1. The molecule has 0 aliphatic carbocycles. The molecule has 0 saturated heterocycles. The SMILES string of the molecule is CCNC(C)Cc1ccc(-c2ccc(C)c(C)c2)o1. The van der Waals surface area contributed by atoms with Crippen LogP contribution < -0.4 is 5.32 Å². The molecule has 19 heavy (non-hydrogen) atoms. The van der Waals surface area contributed by atoms with Crippen molar-refractivity contribution in [1.82, 2.24) is 5.32 Å². The van der Waals surface area contributed by atoms with Gasteiger partial charge in [-0.3, -0.25) is 0 Å². The summed E-state index contributed by atoms with van der Waals surface area (Å²) in [5.74, 6) is 2.00. The molecule has 0 radical (unpaired) electrons. The molecular formula is C17H23NO. The maximum atomic E-state index is 5.94. The summed E-state index contributed by atoms with van der Waals surface area (Å²) >= 11 is 0. The Hall–Kier alpha value is -1.54. The standard InChI is InChI=1S/C17H23NO/c1-5-18-14(4)11-16-8-9-17(19-16)15-7-6-12(2)13(3)10-15/h6-10,14,18H,5,11H2,1-4H3. The maximum absolute atomic E-state index is 5.94. The van der Waals surface area contributed by atoms with Crippen LogP contribution in [0.25, 0.3) is 11.3 Å². The first kappa shape index (κ1) is 13.9. The molecule has 0 spiro atoms. The molecule has 2 heteroatoms. The van der Waals surface area contributed by atoms with E-state index >= 15 is 0 Å². The highest BCUT2D eigenvalue weighted by Gasteiger charge is 2.08. The monoisotopic (exact) mass is 257 g/mol. The lowest BCUT2D eigenvalue weighted by Gasteiger charge is -2.09. The quantitative estimate of drug-likeness (QED) is 0.872. The largest absolute Gasteiger partial charge is 0.461 e. The molecule has 1 heterocycles. The Morgan fingerprint density at radius 3 is 2.58 bits per heavy atom. The van der Waals surface area contributed by atoms with Gasteiger partial charge in [0.25, 0.3) is 0 Å². The molecule has 1 unspecified atom stereocenters. The third-order valence-corrected chi connectivity index (χ3v) is 3.51. The predicted molar refractivity (Wildman–Crippen MR) is 80.5 cm³/mol. The summed E-state index contributed by atoms with van der Waals surface area (Å²) in [6, 6.07) is 11.1. The third-order valence-electron chi connectivity index (χ3n) is 3.51. The van der Waals surface area contributed by atoms with Crippen molar-refractivity contribution in [2.24, 2.45) is 0 Å². The van der Waals surface area contributed by atoms with Crippen LogP contribution in [0.4, 0.5) is 0 Å². The van der Waals surface area contributed by atoms with E-state index in [-0.39, 0.29) is 0 Å². The summed E-state index contributed by atoms with van der Waals surface area (Å²) in [6.45, 7) is 9.56. The highest BCUT2D eigenvalue weighted by Crippen LogP contribution is 2.24. The van der Waals surface area contributed by atoms with Gasteiger partial charge < -0.3 is 9.73 Å². The van der Waals surface area contributed by atoms with Gasteiger partial charge in [-0.15, -0.1) is 0 Å². The minimum atomic E-state index is 0.448. The van der Waals surface area contributed by atoms with Crippen molar-refractivity contribution < 1.29 is 4.42 Å². The van der Waals surface area contributed by atoms with Gasteiger partial charge >= 0.3 is 0 Å². The van der Waals surface area contributed by atoms with Crippen molar-refractivity contribution >= 4 is 0 Å². The molecule has 0 aliphatic heterocycles. The zero-order valence-electron chi connectivity index (χ0n) is 12.3. The lowest BCUT2D eigenvalue weighted by Crippen LogP contribution is -2.27. The summed E-state index contributed by atoms with van der Waals surface area (Å²) in [5.41, 5.74) is 3.78. The highest BCUT2D eigenvalue weighted by atomic mass is 16.3. The highest BCUT2D eigenvalue weighted by molar-refractivity contribution is 5.59. The molecule has 1 aromatic carbocycles. The number of hydrogen-bond donors (Lipinski definition) is 1. The molecule has 0 saturated carbocycles. The van der Waals surface area contributed by atoms with E-state index in [1.54, 1.807) is 0 Å². The van der Waals surface area contributed by atoms with Gasteiger partial charge in [-0.05, 0) is 56.6 Å². The molecule has 1 N–H and O–H groups in total. The van der Waals surface area contributed by atoms with Crippen molar-refractivity contribution in [1.29, 1.82) is 0 Å². The van der Waals surface area contributed by atoms with Crippen molar-refractivity contribution in [2.75, 3.05) is 6.54 Å². The Balaban J connectivity index is 2.14. The maximum Gasteiger partial charge on any atom is 0.134 e. The lowest BCUT2D eigenvalue weighted by molar-refractivity contribution is 0.470. The first-order chi connectivity index (χ1) is 9.10. The molecular weight excluding hydrogens is 234 g/mol. The number of aryl methyl sites for hydroxylation is 2. The first-order valence-corrected chi connectivity index (χ1v) is 7.00. The molecule has 0 aliphatic rings. The summed E-state index contributed by atoms with van der Waals surface area (Å²) in [4.78, 5) is 0. The Kier molecular flexibility index (Phi) is 4.43. The molecule has 0 amide bonds. The van der Waals surface area contributed by atoms with E-state index in [1.165, 1.54) is 11.1 Å². The van der Waals surface area contributed by atoms with E-state index in [0.717, 1.165) is 30.0 Å². The molecule has 1 aromatic heterocycles. The smallest absolute Gasteiger partial charge is 0.134 e. The van der Waals surface area contributed by atoms with Crippen LogP contribution >= 0.6 is 0 Å². The van der Waals surface area contributed by atoms with Crippen LogP contribution in [0.5, 0.6) is 0 Å². The average Bonchev–Trinajstić information content (AvgIpc) is 2.81. The molecule has 2 nitrogen and oxygen atoms in total. The molecule has 0 fully saturated rings. The van der Waals surface area contributed by atoms with Gasteiger partial charge in [-0.25, -0.2) is 0 Å². The normalized spacial score (nSPS) is 12.6. The van der Waals surface area contributed by atoms with E-state index in [4.69, 9.17) is 4.42 Å². The summed E-state index contributed by atoms with van der Waals surface area (Å²) in [6.07, 6.45) is 0.929. The Morgan fingerprint density at radius 2 is 1.89 bits per heavy atom. The van der Waals surface area contributed by atoms with Gasteiger partial charge in [-0.1, -0.05) is 19.1 Å². The fourth-order valence-corrected chi connectivity index (χ4v) is 2.26. The van der Waals surface area contributed by atoms with Gasteiger partial charge in [0, 0.05) is 18.0 Å². The van der Waals surface area contributed by atoms with Crippen LogP contribution in [0.15, 0.2) is 34.7 Å². The molecule has 2 rings (SSSR count). The topological polar surface area (TPSA) is 25.2 Å². The Bertz CT molecular complexity index is 542. The van der Waals surface area contributed by atoms with Crippen LogP contribution in [0.2, 0.25) is 0 Å². The van der Waals surface area contributed by atoms with Crippen molar-refractivity contribution in [3.05, 3.63) is 47.2 Å². The zero-order valence-corrected chi connectivity index (χ0v) is 12.3. The van der Waals surface area contributed by atoms with Crippen molar-refractivity contribution in [3.63, 3.8) is 0 Å². The van der Waals surface area contributed by atoms with Gasteiger partial charge in [0.2, 0.25) is 0 Å². The van der Waals surface area contributed by atoms with Crippen LogP contribution in [0, 0.1) is 13.8 Å². The molecule has 0 bridgehead atoms. The Labute approximate surface area is 115 Å². The van der Waals surface area contributed by atoms with Crippen molar-refractivity contribution in [3.8, 4) is 11.3 Å². The van der Waals surface area contributed by atoms with Crippen molar-refractivity contribution in [2.45, 2.75) is 40.2 Å². The van der Waals surface area contributed by atoms with E-state index in [0.29, 0.717) is 6.04 Å². The molecule has 102 valence electrons. The number of hydrogen-bond acceptors (Lipinski definition) is 2. The van der Waals surface area contributed by atoms with Gasteiger partial charge in [0.1, 0.15) is 11.5 Å². The summed E-state index contributed by atoms with van der Waals surface area (Å²) in [7, 11) is 0. The van der Waals surface area contributed by atoms with Gasteiger partial charge in [0.05, 0.1) is 0 Å². The molecule has 2 aromatic rings. The second kappa shape index (κ2) is 6.07. The minimum Gasteiger partial charge on any atom is -0.461 e. The van der Waals surface area contributed by atoms with Crippen LogP contribution in [0.1, 0.15) is 30.7 Å². The second-order valence-corrected chi connectivity index (χ2v) is 5.23. The fraction of sp³-hybridized carbons (Fsp3) is 0.412. The second-order valence-electron chi connectivity index (χ2n) is 5.23. The van der Waals surface area contributed by atoms with Gasteiger partial charge in [-0.2, -0.15) is 0 Å². The van der Waals surface area contributed by atoms with Gasteiger partial charge in [0.15, 0.2) is 0 Å². The third kappa shape index (κ3) is 3.48. The predicted octanol–water partition coefficient (Wildman–Crippen LogP) is 4.10. The minimum absolute atomic E-state index is 0.448. The summed E-state index contributed by atoms with van der Waals surface area (Å²) < 4.78 is 5.94. The number of nitrogens with one attached hydrogen (secondary N) is 1. The summed E-state index contributed by atoms with van der Waals surface area (Å²) in [5, 5.41) is 3.40. The number of rotatable bonds is 5. The first-order valence-electron chi connectivity index (χ1n) is 7.00. The van der Waals surface area contributed by atoms with E-state index in [1.807, 2.05) is 0 Å². The lowest BCUT2D eigenvalue weighted by atomic mass is 10.1. The van der Waals surface area contributed by atoms with Crippen LogP contribution in [-0.4, -0.2) is 12.6 Å².